The summed E-state index contributed by atoms with van der Waals surface area (Å²) in [4.78, 5) is 12.1. The van der Waals surface area contributed by atoms with Crippen LogP contribution >= 0.6 is 0 Å². The quantitative estimate of drug-likeness (QED) is 0.405. The van der Waals surface area contributed by atoms with Gasteiger partial charge in [0.2, 0.25) is 0 Å². The molecule has 3 heteroatoms. The standard InChI is InChI=1S/C27H24O3/c28-27(29)24(21-11-5-2-6-12-21)19-25-23-14-8-7-13-22(23)15-16-26(25)30-18-17-20-9-3-1-4-10-20/h1-16,24H,17-19H2,(H,28,29). The lowest BCUT2D eigenvalue weighted by molar-refractivity contribution is -0.138. The fourth-order valence-corrected chi connectivity index (χ4v) is 3.82. The Bertz CT molecular complexity index is 1120. The molecule has 0 aliphatic heterocycles. The van der Waals surface area contributed by atoms with Crippen LogP contribution in [-0.4, -0.2) is 17.7 Å². The Morgan fingerprint density at radius 1 is 0.800 bits per heavy atom. The molecule has 4 rings (SSSR count). The maximum atomic E-state index is 12.1. The van der Waals surface area contributed by atoms with Crippen molar-refractivity contribution in [3.63, 3.8) is 0 Å². The van der Waals surface area contributed by atoms with E-state index < -0.39 is 11.9 Å². The molecule has 0 saturated heterocycles. The van der Waals surface area contributed by atoms with Crippen LogP contribution in [0.3, 0.4) is 0 Å². The van der Waals surface area contributed by atoms with Gasteiger partial charge in [0, 0.05) is 12.0 Å². The number of carbonyl (C=O) groups is 1. The zero-order chi connectivity index (χ0) is 20.8. The maximum absolute atomic E-state index is 12.1. The molecule has 1 unspecified atom stereocenters. The number of aliphatic carboxylic acids is 1. The highest BCUT2D eigenvalue weighted by atomic mass is 16.5. The molecule has 0 bridgehead atoms. The first-order chi connectivity index (χ1) is 14.7. The Kier molecular flexibility index (Phi) is 6.09. The van der Waals surface area contributed by atoms with Gasteiger partial charge in [-0.05, 0) is 34.4 Å². The van der Waals surface area contributed by atoms with Crippen LogP contribution in [0.5, 0.6) is 5.75 Å². The largest absolute Gasteiger partial charge is 0.493 e. The van der Waals surface area contributed by atoms with Crippen molar-refractivity contribution in [1.29, 1.82) is 0 Å². The van der Waals surface area contributed by atoms with E-state index >= 15 is 0 Å². The molecule has 150 valence electrons. The van der Waals surface area contributed by atoms with E-state index in [0.717, 1.165) is 34.1 Å². The van der Waals surface area contributed by atoms with Crippen LogP contribution < -0.4 is 4.74 Å². The molecule has 0 aliphatic carbocycles. The Morgan fingerprint density at radius 2 is 1.47 bits per heavy atom. The van der Waals surface area contributed by atoms with Crippen LogP contribution in [0.15, 0.2) is 97.1 Å². The van der Waals surface area contributed by atoms with E-state index in [1.165, 1.54) is 5.56 Å². The third-order valence-corrected chi connectivity index (χ3v) is 5.40. The van der Waals surface area contributed by atoms with Gasteiger partial charge in [0.25, 0.3) is 0 Å². The minimum atomic E-state index is -0.829. The third-order valence-electron chi connectivity index (χ3n) is 5.40. The number of rotatable bonds is 8. The molecule has 0 aliphatic rings. The molecule has 0 spiro atoms. The average molecular weight is 396 g/mol. The summed E-state index contributed by atoms with van der Waals surface area (Å²) >= 11 is 0. The number of hydrogen-bond donors (Lipinski definition) is 1. The predicted octanol–water partition coefficient (Wildman–Crippen LogP) is 5.87. The van der Waals surface area contributed by atoms with Gasteiger partial charge in [0.15, 0.2) is 0 Å². The zero-order valence-electron chi connectivity index (χ0n) is 16.7. The lowest BCUT2D eigenvalue weighted by Crippen LogP contribution is -2.15. The number of hydrogen-bond acceptors (Lipinski definition) is 2. The second-order valence-corrected chi connectivity index (χ2v) is 7.35. The molecule has 30 heavy (non-hydrogen) atoms. The van der Waals surface area contributed by atoms with E-state index in [2.05, 4.69) is 12.1 Å². The van der Waals surface area contributed by atoms with Crippen molar-refractivity contribution in [3.8, 4) is 5.75 Å². The second kappa shape index (κ2) is 9.27. The average Bonchev–Trinajstić information content (AvgIpc) is 2.79. The summed E-state index contributed by atoms with van der Waals surface area (Å²) in [6.45, 7) is 0.540. The van der Waals surface area contributed by atoms with Gasteiger partial charge >= 0.3 is 5.97 Å². The minimum Gasteiger partial charge on any atom is -0.493 e. The molecule has 1 N–H and O–H groups in total. The Hall–Kier alpha value is -3.59. The van der Waals surface area contributed by atoms with Gasteiger partial charge in [-0.2, -0.15) is 0 Å². The summed E-state index contributed by atoms with van der Waals surface area (Å²) in [6, 6.07) is 31.7. The first-order valence-corrected chi connectivity index (χ1v) is 10.2. The number of fused-ring (bicyclic) bond motifs is 1. The summed E-state index contributed by atoms with van der Waals surface area (Å²) in [6.07, 6.45) is 1.18. The third kappa shape index (κ3) is 4.52. The maximum Gasteiger partial charge on any atom is 0.311 e. The van der Waals surface area contributed by atoms with Crippen molar-refractivity contribution >= 4 is 16.7 Å². The summed E-state index contributed by atoms with van der Waals surface area (Å²) in [5, 5.41) is 12.1. The van der Waals surface area contributed by atoms with Crippen molar-refractivity contribution in [2.75, 3.05) is 6.61 Å². The van der Waals surface area contributed by atoms with Crippen molar-refractivity contribution in [2.24, 2.45) is 0 Å². The highest BCUT2D eigenvalue weighted by molar-refractivity contribution is 5.89. The van der Waals surface area contributed by atoms with Crippen LogP contribution in [-0.2, 0) is 17.6 Å². The fraction of sp³-hybridized carbons (Fsp3) is 0.148. The van der Waals surface area contributed by atoms with E-state index in [-0.39, 0.29) is 0 Å². The zero-order valence-corrected chi connectivity index (χ0v) is 16.7. The molecular weight excluding hydrogens is 372 g/mol. The van der Waals surface area contributed by atoms with Crippen molar-refractivity contribution in [1.82, 2.24) is 0 Å². The van der Waals surface area contributed by atoms with Crippen molar-refractivity contribution in [2.45, 2.75) is 18.8 Å². The molecule has 0 aromatic heterocycles. The molecule has 0 saturated carbocycles. The monoisotopic (exact) mass is 396 g/mol. The smallest absolute Gasteiger partial charge is 0.311 e. The highest BCUT2D eigenvalue weighted by Gasteiger charge is 2.23. The molecular formula is C27H24O3. The Balaban J connectivity index is 1.65. The number of ether oxygens (including phenoxy) is 1. The summed E-state index contributed by atoms with van der Waals surface area (Å²) < 4.78 is 6.17. The molecule has 0 heterocycles. The van der Waals surface area contributed by atoms with E-state index in [0.29, 0.717) is 13.0 Å². The van der Waals surface area contributed by atoms with Crippen LogP contribution in [0, 0.1) is 0 Å². The lowest BCUT2D eigenvalue weighted by Gasteiger charge is -2.18. The molecule has 3 nitrogen and oxygen atoms in total. The summed E-state index contributed by atoms with van der Waals surface area (Å²) in [7, 11) is 0. The Morgan fingerprint density at radius 3 is 2.20 bits per heavy atom. The number of carboxylic acids is 1. The van der Waals surface area contributed by atoms with Crippen molar-refractivity contribution in [3.05, 3.63) is 114 Å². The molecule has 0 fully saturated rings. The second-order valence-electron chi connectivity index (χ2n) is 7.35. The van der Waals surface area contributed by atoms with Gasteiger partial charge in [0.1, 0.15) is 5.75 Å². The van der Waals surface area contributed by atoms with Crippen LogP contribution in [0.25, 0.3) is 10.8 Å². The van der Waals surface area contributed by atoms with Gasteiger partial charge < -0.3 is 9.84 Å². The molecule has 0 radical (unpaired) electrons. The van der Waals surface area contributed by atoms with Gasteiger partial charge in [-0.25, -0.2) is 0 Å². The minimum absolute atomic E-state index is 0.376. The normalized spacial score (nSPS) is 11.9. The molecule has 1 atom stereocenters. The van der Waals surface area contributed by atoms with Crippen LogP contribution in [0.4, 0.5) is 0 Å². The summed E-state index contributed by atoms with van der Waals surface area (Å²) in [5.41, 5.74) is 2.96. The summed E-state index contributed by atoms with van der Waals surface area (Å²) in [5.74, 6) is -0.704. The topological polar surface area (TPSA) is 46.5 Å². The number of carboxylic acid groups (broad SMARTS) is 1. The van der Waals surface area contributed by atoms with Gasteiger partial charge in [0.05, 0.1) is 12.5 Å². The van der Waals surface area contributed by atoms with E-state index in [1.54, 1.807) is 0 Å². The van der Waals surface area contributed by atoms with E-state index in [4.69, 9.17) is 4.74 Å². The number of benzene rings is 4. The highest BCUT2D eigenvalue weighted by Crippen LogP contribution is 2.33. The lowest BCUT2D eigenvalue weighted by atomic mass is 9.89. The Labute approximate surface area is 176 Å². The van der Waals surface area contributed by atoms with Crippen molar-refractivity contribution < 1.29 is 14.6 Å². The van der Waals surface area contributed by atoms with Gasteiger partial charge in [-0.3, -0.25) is 4.79 Å². The van der Waals surface area contributed by atoms with Crippen LogP contribution in [0.2, 0.25) is 0 Å². The molecule has 4 aromatic rings. The fourth-order valence-electron chi connectivity index (χ4n) is 3.82. The van der Waals surface area contributed by atoms with Gasteiger partial charge in [-0.1, -0.05) is 91.0 Å². The molecule has 0 amide bonds. The van der Waals surface area contributed by atoms with Crippen LogP contribution in [0.1, 0.15) is 22.6 Å². The SMILES string of the molecule is O=C(O)C(Cc1c(OCCc2ccccc2)ccc2ccccc12)c1ccccc1. The molecule has 4 aromatic carbocycles. The first-order valence-electron chi connectivity index (χ1n) is 10.2. The van der Waals surface area contributed by atoms with E-state index in [1.807, 2.05) is 84.9 Å². The van der Waals surface area contributed by atoms with E-state index in [9.17, 15) is 9.90 Å². The first kappa shape index (κ1) is 19.7. The van der Waals surface area contributed by atoms with Gasteiger partial charge in [-0.15, -0.1) is 0 Å². The predicted molar refractivity (Wildman–Crippen MR) is 120 cm³/mol.